The van der Waals surface area contributed by atoms with Crippen LogP contribution >= 0.6 is 11.8 Å². The molecule has 0 unspecified atom stereocenters. The molecule has 1 saturated heterocycles. The van der Waals surface area contributed by atoms with Crippen LogP contribution in [0.5, 0.6) is 5.88 Å². The van der Waals surface area contributed by atoms with E-state index in [0.717, 1.165) is 67.2 Å². The van der Waals surface area contributed by atoms with E-state index in [9.17, 15) is 14.7 Å². The molecule has 7 rings (SSSR count). The second kappa shape index (κ2) is 11.5. The number of nitrogens with two attached hydrogens (primary N) is 2. The van der Waals surface area contributed by atoms with Crippen molar-refractivity contribution >= 4 is 35.0 Å². The molecule has 1 aromatic carbocycles. The van der Waals surface area contributed by atoms with Gasteiger partial charge in [-0.3, -0.25) is 19.1 Å². The van der Waals surface area contributed by atoms with E-state index in [0.29, 0.717) is 35.3 Å². The molecule has 5 heterocycles. The molecule has 0 saturated carbocycles. The van der Waals surface area contributed by atoms with Crippen molar-refractivity contribution in [3.63, 3.8) is 0 Å². The molecule has 0 bridgehead atoms. The molecule has 4 aromatic rings. The fourth-order valence-corrected chi connectivity index (χ4v) is 7.72. The highest BCUT2D eigenvalue weighted by molar-refractivity contribution is 7.99. The highest BCUT2D eigenvalue weighted by Crippen LogP contribution is 2.50. The SMILES string of the molecule is Cc1c(NC(=O)c2c(O)nc3n(c2=O)CCCC3)cccc1Sc1ncc(N2CCC3(CC2)Cc2ncccc2[C@H]3N)nc1N. The first-order chi connectivity index (χ1) is 21.7. The predicted molar refractivity (Wildman–Crippen MR) is 172 cm³/mol. The van der Waals surface area contributed by atoms with Gasteiger partial charge in [0.1, 0.15) is 16.7 Å². The third-order valence-corrected chi connectivity index (χ3v) is 10.7. The topological polar surface area (TPSA) is 178 Å². The molecular formula is C32H35N9O3S. The standard InChI is InChI=1S/C32H35N9O3S/c1-18-20(37-28(42)25-29(43)39-23-9-2-3-13-41(23)31(25)44)7-4-8-22(18)45-30-27(34)38-24(17-36-30)40-14-10-32(11-15-40)16-21-19(26(32)33)6-5-12-35-21/h4-8,12,17,26,43H,2-3,9-11,13-16,33H2,1H3,(H2,34,38)(H,37,42)/t26-/m1/s1. The molecule has 6 N–H and O–H groups in total. The molecule has 12 nitrogen and oxygen atoms in total. The maximum Gasteiger partial charge on any atom is 0.270 e. The maximum atomic E-state index is 13.2. The van der Waals surface area contributed by atoms with Crippen LogP contribution < -0.4 is 27.2 Å². The number of rotatable bonds is 5. The minimum absolute atomic E-state index is 0.0105. The first-order valence-electron chi connectivity index (χ1n) is 15.2. The van der Waals surface area contributed by atoms with Gasteiger partial charge in [0, 0.05) is 54.6 Å². The number of benzene rings is 1. The normalized spacial score (nSPS) is 18.4. The number of hydrogen-bond donors (Lipinski definition) is 4. The minimum atomic E-state index is -0.707. The van der Waals surface area contributed by atoms with E-state index in [4.69, 9.17) is 16.5 Å². The minimum Gasteiger partial charge on any atom is -0.493 e. The largest absolute Gasteiger partial charge is 0.493 e. The number of nitrogens with zero attached hydrogens (tertiary/aromatic N) is 6. The number of aryl methyl sites for hydroxylation is 1. The van der Waals surface area contributed by atoms with Gasteiger partial charge in [-0.2, -0.15) is 4.98 Å². The van der Waals surface area contributed by atoms with Gasteiger partial charge >= 0.3 is 0 Å². The average Bonchev–Trinajstić information content (AvgIpc) is 3.30. The molecule has 1 fully saturated rings. The smallest absolute Gasteiger partial charge is 0.270 e. The number of nitrogen functional groups attached to an aromatic ring is 1. The highest BCUT2D eigenvalue weighted by Gasteiger charge is 2.46. The van der Waals surface area contributed by atoms with E-state index in [1.807, 2.05) is 25.3 Å². The van der Waals surface area contributed by atoms with Crippen molar-refractivity contribution in [1.29, 1.82) is 0 Å². The summed E-state index contributed by atoms with van der Waals surface area (Å²) in [7, 11) is 0. The fourth-order valence-electron chi connectivity index (χ4n) is 6.85. The molecule has 3 aromatic heterocycles. The number of nitrogens with one attached hydrogen (secondary N) is 1. The third kappa shape index (κ3) is 5.19. The summed E-state index contributed by atoms with van der Waals surface area (Å²) < 4.78 is 1.48. The van der Waals surface area contributed by atoms with Gasteiger partial charge in [0.25, 0.3) is 11.5 Å². The zero-order chi connectivity index (χ0) is 31.3. The van der Waals surface area contributed by atoms with Gasteiger partial charge in [-0.25, -0.2) is 9.97 Å². The summed E-state index contributed by atoms with van der Waals surface area (Å²) in [6.07, 6.45) is 8.68. The van der Waals surface area contributed by atoms with Crippen molar-refractivity contribution < 1.29 is 9.90 Å². The van der Waals surface area contributed by atoms with Crippen LogP contribution in [-0.4, -0.2) is 48.6 Å². The van der Waals surface area contributed by atoms with Crippen LogP contribution in [-0.2, 0) is 19.4 Å². The van der Waals surface area contributed by atoms with Gasteiger partial charge in [-0.15, -0.1) is 0 Å². The van der Waals surface area contributed by atoms with Gasteiger partial charge in [0.15, 0.2) is 11.4 Å². The van der Waals surface area contributed by atoms with Crippen LogP contribution in [0, 0.1) is 12.3 Å². The molecule has 232 valence electrons. The van der Waals surface area contributed by atoms with Gasteiger partial charge in [-0.05, 0) is 73.8 Å². The van der Waals surface area contributed by atoms with Crippen LogP contribution in [0.15, 0.2) is 57.4 Å². The number of aromatic hydroxyl groups is 1. The summed E-state index contributed by atoms with van der Waals surface area (Å²) in [4.78, 5) is 47.3. The summed E-state index contributed by atoms with van der Waals surface area (Å²) in [5.74, 6) is 0.302. The van der Waals surface area contributed by atoms with Gasteiger partial charge < -0.3 is 26.8 Å². The van der Waals surface area contributed by atoms with Crippen molar-refractivity contribution in [1.82, 2.24) is 24.5 Å². The number of aromatic nitrogens is 5. The Morgan fingerprint density at radius 2 is 1.93 bits per heavy atom. The van der Waals surface area contributed by atoms with Gasteiger partial charge in [0.05, 0.1) is 6.20 Å². The van der Waals surface area contributed by atoms with E-state index in [2.05, 4.69) is 31.2 Å². The van der Waals surface area contributed by atoms with Gasteiger partial charge in [-0.1, -0.05) is 23.9 Å². The first-order valence-corrected chi connectivity index (χ1v) is 16.0. The van der Waals surface area contributed by atoms with E-state index < -0.39 is 17.3 Å². The number of fused-ring (bicyclic) bond motifs is 2. The Kier molecular flexibility index (Phi) is 7.44. The van der Waals surface area contributed by atoms with Crippen LogP contribution in [0.25, 0.3) is 0 Å². The lowest BCUT2D eigenvalue weighted by Gasteiger charge is -2.42. The Bertz CT molecular complexity index is 1870. The van der Waals surface area contributed by atoms with Crippen LogP contribution in [0.2, 0.25) is 0 Å². The number of amides is 1. The Labute approximate surface area is 264 Å². The second-order valence-electron chi connectivity index (χ2n) is 12.1. The van der Waals surface area contributed by atoms with Crippen molar-refractivity contribution in [3.8, 4) is 5.88 Å². The number of hydrogen-bond acceptors (Lipinski definition) is 11. The number of anilines is 3. The number of carbonyl (C=O) groups excluding carboxylic acids is 1. The molecule has 1 aliphatic carbocycles. The molecular weight excluding hydrogens is 590 g/mol. The quantitative estimate of drug-likeness (QED) is 0.255. The lowest BCUT2D eigenvalue weighted by atomic mass is 9.73. The zero-order valence-electron chi connectivity index (χ0n) is 25.0. The van der Waals surface area contributed by atoms with Crippen LogP contribution in [0.4, 0.5) is 17.3 Å². The van der Waals surface area contributed by atoms with E-state index in [-0.39, 0.29) is 17.0 Å². The Hall–Kier alpha value is -4.49. The summed E-state index contributed by atoms with van der Waals surface area (Å²) in [5.41, 5.74) is 15.8. The average molecular weight is 626 g/mol. The number of pyridine rings is 1. The molecule has 45 heavy (non-hydrogen) atoms. The molecule has 0 radical (unpaired) electrons. The highest BCUT2D eigenvalue weighted by atomic mass is 32.2. The third-order valence-electron chi connectivity index (χ3n) is 9.50. The molecule has 13 heteroatoms. The monoisotopic (exact) mass is 625 g/mol. The van der Waals surface area contributed by atoms with Crippen molar-refractivity contribution in [2.24, 2.45) is 11.1 Å². The number of piperidine rings is 1. The van der Waals surface area contributed by atoms with Crippen molar-refractivity contribution in [2.75, 3.05) is 29.0 Å². The summed E-state index contributed by atoms with van der Waals surface area (Å²) in [6.45, 7) is 3.95. The zero-order valence-corrected chi connectivity index (χ0v) is 25.8. The Balaban J connectivity index is 1.04. The van der Waals surface area contributed by atoms with Crippen molar-refractivity contribution in [3.05, 3.63) is 81.3 Å². The Morgan fingerprint density at radius 3 is 2.71 bits per heavy atom. The molecule has 1 spiro atoms. The summed E-state index contributed by atoms with van der Waals surface area (Å²) >= 11 is 1.35. The van der Waals surface area contributed by atoms with Crippen LogP contribution in [0.3, 0.4) is 0 Å². The van der Waals surface area contributed by atoms with E-state index in [1.54, 1.807) is 18.3 Å². The Morgan fingerprint density at radius 1 is 1.11 bits per heavy atom. The van der Waals surface area contributed by atoms with Crippen LogP contribution in [0.1, 0.15) is 64.7 Å². The molecule has 2 aliphatic heterocycles. The lowest BCUT2D eigenvalue weighted by molar-refractivity contribution is 0.102. The predicted octanol–water partition coefficient (Wildman–Crippen LogP) is 3.61. The summed E-state index contributed by atoms with van der Waals surface area (Å²) in [6, 6.07) is 9.49. The summed E-state index contributed by atoms with van der Waals surface area (Å²) in [5, 5.41) is 13.8. The number of carbonyl (C=O) groups is 1. The maximum absolute atomic E-state index is 13.2. The first kappa shape index (κ1) is 29.2. The van der Waals surface area contributed by atoms with Crippen molar-refractivity contribution in [2.45, 2.75) is 68.0 Å². The lowest BCUT2D eigenvalue weighted by Crippen LogP contribution is -2.44. The molecule has 3 aliphatic rings. The van der Waals surface area contributed by atoms with E-state index in [1.165, 1.54) is 21.9 Å². The second-order valence-corrected chi connectivity index (χ2v) is 13.1. The molecule has 1 amide bonds. The molecule has 1 atom stereocenters. The van der Waals surface area contributed by atoms with Gasteiger partial charge in [0.2, 0.25) is 5.88 Å². The fraction of sp³-hybridized carbons (Fsp3) is 0.375. The van der Waals surface area contributed by atoms with E-state index >= 15 is 0 Å².